The Bertz CT molecular complexity index is 713. The molecular weight excluding hydrogens is 378 g/mol. The van der Waals surface area contributed by atoms with Gasteiger partial charge in [0.2, 0.25) is 0 Å². The topological polar surface area (TPSA) is 41.5 Å². The van der Waals surface area contributed by atoms with Crippen molar-refractivity contribution in [2.24, 2.45) is 0 Å². The molecule has 144 valence electrons. The second-order valence-corrected chi connectivity index (χ2v) is 7.31. The van der Waals surface area contributed by atoms with Gasteiger partial charge in [0.05, 0.1) is 12.7 Å². The van der Waals surface area contributed by atoms with E-state index in [1.807, 2.05) is 42.5 Å². The number of aliphatic hydroxyl groups excluding tert-OH is 1. The molecule has 3 nitrogen and oxygen atoms in total. The van der Waals surface area contributed by atoms with Crippen LogP contribution < -0.4 is 5.32 Å². The molecule has 2 N–H and O–H groups in total. The Balaban J connectivity index is 0.00000261. The van der Waals surface area contributed by atoms with Crippen molar-refractivity contribution in [3.05, 3.63) is 94.2 Å². The maximum Gasteiger partial charge on any atom is 0.108 e. The first-order valence-corrected chi connectivity index (χ1v) is 9.78. The number of hydrogen-bond acceptors (Lipinski definition) is 4. The average Bonchev–Trinajstić information content (AvgIpc) is 3.23. The maximum absolute atomic E-state index is 10.4. The Hall–Kier alpha value is -1.69. The molecule has 0 saturated heterocycles. The van der Waals surface area contributed by atoms with Crippen molar-refractivity contribution >= 4 is 23.7 Å². The number of nitrogens with one attached hydrogen (secondary N) is 1. The first kappa shape index (κ1) is 21.6. The van der Waals surface area contributed by atoms with Crippen LogP contribution in [0.1, 0.15) is 35.1 Å². The Morgan fingerprint density at radius 2 is 1.52 bits per heavy atom. The zero-order valence-electron chi connectivity index (χ0n) is 15.3. The summed E-state index contributed by atoms with van der Waals surface area (Å²) < 4.78 is 6.11. The Kier molecular flexibility index (Phi) is 8.98. The summed E-state index contributed by atoms with van der Waals surface area (Å²) in [6, 6.07) is 24.6. The third-order valence-electron chi connectivity index (χ3n) is 4.29. The number of thiophene rings is 1. The van der Waals surface area contributed by atoms with Gasteiger partial charge in [0.15, 0.2) is 0 Å². The summed E-state index contributed by atoms with van der Waals surface area (Å²) in [5.74, 6) is 0. The largest absolute Gasteiger partial charge is 0.389 e. The lowest BCUT2D eigenvalue weighted by Crippen LogP contribution is -2.32. The minimum absolute atomic E-state index is 0. The van der Waals surface area contributed by atoms with E-state index >= 15 is 0 Å². The zero-order chi connectivity index (χ0) is 18.2. The molecule has 0 aliphatic rings. The number of halogens is 1. The summed E-state index contributed by atoms with van der Waals surface area (Å²) in [6.07, 6.45) is -0.742. The van der Waals surface area contributed by atoms with Crippen LogP contribution in [0, 0.1) is 0 Å². The Labute approximate surface area is 171 Å². The number of aliphatic hydroxyl groups is 1. The van der Waals surface area contributed by atoms with E-state index in [0.29, 0.717) is 6.54 Å². The molecule has 3 aromatic rings. The van der Waals surface area contributed by atoms with Crippen molar-refractivity contribution in [3.8, 4) is 0 Å². The summed E-state index contributed by atoms with van der Waals surface area (Å²) in [6.45, 7) is 2.88. The van der Waals surface area contributed by atoms with Crippen molar-refractivity contribution in [1.82, 2.24) is 5.32 Å². The van der Waals surface area contributed by atoms with E-state index in [4.69, 9.17) is 4.74 Å². The molecule has 3 rings (SSSR count). The maximum atomic E-state index is 10.4. The van der Waals surface area contributed by atoms with Crippen LogP contribution in [0.25, 0.3) is 0 Å². The third kappa shape index (κ3) is 6.45. The minimum Gasteiger partial charge on any atom is -0.389 e. The molecule has 0 spiro atoms. The molecule has 0 aliphatic heterocycles. The highest BCUT2D eigenvalue weighted by molar-refractivity contribution is 7.10. The van der Waals surface area contributed by atoms with E-state index in [2.05, 4.69) is 48.0 Å². The second-order valence-electron chi connectivity index (χ2n) is 6.33. The standard InChI is InChI=1S/C22H25NO2S.ClH/c1-17(21-13-8-14-26-21)23-15-20(24)16-25-22(18-9-4-2-5-10-18)19-11-6-3-7-12-19;/h2-14,17,20,22-24H,15-16H2,1H3;1H. The molecule has 0 aliphatic carbocycles. The number of rotatable bonds is 9. The van der Waals surface area contributed by atoms with E-state index in [0.717, 1.165) is 11.1 Å². The number of benzene rings is 2. The van der Waals surface area contributed by atoms with Gasteiger partial charge in [-0.25, -0.2) is 0 Å². The fourth-order valence-electron chi connectivity index (χ4n) is 2.86. The van der Waals surface area contributed by atoms with Gasteiger partial charge in [0.25, 0.3) is 0 Å². The van der Waals surface area contributed by atoms with Crippen molar-refractivity contribution in [2.45, 2.75) is 25.2 Å². The molecule has 5 heteroatoms. The molecule has 2 unspecified atom stereocenters. The van der Waals surface area contributed by atoms with E-state index in [-0.39, 0.29) is 31.2 Å². The fraction of sp³-hybridized carbons (Fsp3) is 0.273. The van der Waals surface area contributed by atoms with Gasteiger partial charge in [-0.1, -0.05) is 66.7 Å². The molecule has 1 aromatic heterocycles. The Morgan fingerprint density at radius 1 is 0.926 bits per heavy atom. The van der Waals surface area contributed by atoms with Crippen LogP contribution in [-0.2, 0) is 4.74 Å². The van der Waals surface area contributed by atoms with Crippen LogP contribution >= 0.6 is 23.7 Å². The van der Waals surface area contributed by atoms with Gasteiger partial charge in [-0.15, -0.1) is 23.7 Å². The second kappa shape index (κ2) is 11.2. The SMILES string of the molecule is CC(NCC(O)COC(c1ccccc1)c1ccccc1)c1cccs1.Cl. The summed E-state index contributed by atoms with van der Waals surface area (Å²) in [5.41, 5.74) is 2.18. The molecule has 2 aromatic carbocycles. The number of hydrogen-bond donors (Lipinski definition) is 2. The quantitative estimate of drug-likeness (QED) is 0.529. The van der Waals surface area contributed by atoms with Crippen molar-refractivity contribution in [1.29, 1.82) is 0 Å². The number of ether oxygens (including phenoxy) is 1. The predicted molar refractivity (Wildman–Crippen MR) is 115 cm³/mol. The molecule has 27 heavy (non-hydrogen) atoms. The molecule has 0 saturated carbocycles. The van der Waals surface area contributed by atoms with Crippen molar-refractivity contribution in [3.63, 3.8) is 0 Å². The highest BCUT2D eigenvalue weighted by Crippen LogP contribution is 2.26. The van der Waals surface area contributed by atoms with Gasteiger partial charge in [0.1, 0.15) is 6.10 Å². The minimum atomic E-state index is -0.563. The lowest BCUT2D eigenvalue weighted by Gasteiger charge is -2.22. The lowest BCUT2D eigenvalue weighted by atomic mass is 10.0. The van der Waals surface area contributed by atoms with E-state index < -0.39 is 6.10 Å². The van der Waals surface area contributed by atoms with E-state index in [9.17, 15) is 5.11 Å². The Morgan fingerprint density at radius 3 is 2.04 bits per heavy atom. The normalized spacial score (nSPS) is 13.1. The van der Waals surface area contributed by atoms with Crippen LogP contribution in [0.2, 0.25) is 0 Å². The molecule has 2 atom stereocenters. The van der Waals surface area contributed by atoms with Gasteiger partial charge in [0, 0.05) is 17.5 Å². The molecular formula is C22H26ClNO2S. The van der Waals surface area contributed by atoms with E-state index in [1.165, 1.54) is 4.88 Å². The first-order chi connectivity index (χ1) is 12.7. The van der Waals surface area contributed by atoms with Gasteiger partial charge < -0.3 is 15.2 Å². The van der Waals surface area contributed by atoms with Crippen molar-refractivity contribution < 1.29 is 9.84 Å². The van der Waals surface area contributed by atoms with Crippen LogP contribution in [0.3, 0.4) is 0 Å². The summed E-state index contributed by atoms with van der Waals surface area (Å²) in [4.78, 5) is 1.27. The van der Waals surface area contributed by atoms with Gasteiger partial charge in [-0.2, -0.15) is 0 Å². The van der Waals surface area contributed by atoms with Crippen molar-refractivity contribution in [2.75, 3.05) is 13.2 Å². The van der Waals surface area contributed by atoms with Gasteiger partial charge in [-0.05, 0) is 29.5 Å². The highest BCUT2D eigenvalue weighted by atomic mass is 35.5. The van der Waals surface area contributed by atoms with Crippen LogP contribution in [0.4, 0.5) is 0 Å². The van der Waals surface area contributed by atoms with Gasteiger partial charge in [-0.3, -0.25) is 0 Å². The predicted octanol–water partition coefficient (Wildman–Crippen LogP) is 4.99. The summed E-state index contributed by atoms with van der Waals surface area (Å²) in [7, 11) is 0. The van der Waals surface area contributed by atoms with E-state index in [1.54, 1.807) is 11.3 Å². The average molecular weight is 404 g/mol. The first-order valence-electron chi connectivity index (χ1n) is 8.90. The summed E-state index contributed by atoms with van der Waals surface area (Å²) >= 11 is 1.72. The molecule has 0 bridgehead atoms. The van der Waals surface area contributed by atoms with Crippen LogP contribution in [0.15, 0.2) is 78.2 Å². The third-order valence-corrected chi connectivity index (χ3v) is 5.34. The molecule has 0 fully saturated rings. The van der Waals surface area contributed by atoms with Crippen LogP contribution in [0.5, 0.6) is 0 Å². The smallest absolute Gasteiger partial charge is 0.108 e. The monoisotopic (exact) mass is 403 g/mol. The zero-order valence-corrected chi connectivity index (χ0v) is 17.0. The molecule has 1 heterocycles. The molecule has 0 radical (unpaired) electrons. The van der Waals surface area contributed by atoms with Gasteiger partial charge >= 0.3 is 0 Å². The fourth-order valence-corrected chi connectivity index (χ4v) is 3.62. The summed E-state index contributed by atoms with van der Waals surface area (Å²) in [5, 5.41) is 15.8. The highest BCUT2D eigenvalue weighted by Gasteiger charge is 2.17. The lowest BCUT2D eigenvalue weighted by molar-refractivity contribution is 0.00582. The van der Waals surface area contributed by atoms with Crippen LogP contribution in [-0.4, -0.2) is 24.4 Å². The molecule has 0 amide bonds.